The van der Waals surface area contributed by atoms with Crippen molar-refractivity contribution < 1.29 is 13.2 Å². The summed E-state index contributed by atoms with van der Waals surface area (Å²) < 4.78 is 32.2. The van der Waals surface area contributed by atoms with E-state index in [1.807, 2.05) is 26.8 Å². The molecule has 1 aromatic rings. The zero-order valence-corrected chi connectivity index (χ0v) is 17.9. The van der Waals surface area contributed by atoms with Crippen LogP contribution in [0.5, 0.6) is 0 Å². The predicted octanol–water partition coefficient (Wildman–Crippen LogP) is 1.91. The average Bonchev–Trinajstić information content (AvgIpc) is 3.10. The van der Waals surface area contributed by atoms with E-state index in [1.165, 1.54) is 15.6 Å². The van der Waals surface area contributed by atoms with Crippen molar-refractivity contribution in [3.63, 3.8) is 0 Å². The topological polar surface area (TPSA) is 83.0 Å². The summed E-state index contributed by atoms with van der Waals surface area (Å²) in [5.74, 6) is 0.744. The van der Waals surface area contributed by atoms with E-state index >= 15 is 0 Å². The Morgan fingerprint density at radius 3 is 2.50 bits per heavy atom. The van der Waals surface area contributed by atoms with Crippen LogP contribution in [0.15, 0.2) is 21.3 Å². The number of sulfonamides is 1. The fourth-order valence-electron chi connectivity index (χ4n) is 2.37. The van der Waals surface area contributed by atoms with Gasteiger partial charge in [0.1, 0.15) is 4.21 Å². The summed E-state index contributed by atoms with van der Waals surface area (Å²) in [4.78, 5) is 5.22. The van der Waals surface area contributed by atoms with Crippen LogP contribution in [0.3, 0.4) is 0 Å². The van der Waals surface area contributed by atoms with Crippen LogP contribution in [0.2, 0.25) is 0 Å². The van der Waals surface area contributed by atoms with E-state index < -0.39 is 10.0 Å². The lowest BCUT2D eigenvalue weighted by Gasteiger charge is -2.16. The van der Waals surface area contributed by atoms with Crippen LogP contribution in [0, 0.1) is 0 Å². The molecule has 0 aliphatic carbocycles. The Hall–Kier alpha value is -1.16. The van der Waals surface area contributed by atoms with Gasteiger partial charge in [-0.1, -0.05) is 13.8 Å². The third-order valence-electron chi connectivity index (χ3n) is 3.79. The van der Waals surface area contributed by atoms with Gasteiger partial charge in [0, 0.05) is 51.3 Å². The Bertz CT molecular complexity index is 640. The second-order valence-electron chi connectivity index (χ2n) is 5.54. The van der Waals surface area contributed by atoms with Gasteiger partial charge in [-0.2, -0.15) is 4.31 Å². The van der Waals surface area contributed by atoms with Crippen LogP contribution in [0.1, 0.15) is 32.1 Å². The van der Waals surface area contributed by atoms with Crippen molar-refractivity contribution in [2.24, 2.45) is 4.99 Å². The summed E-state index contributed by atoms with van der Waals surface area (Å²) in [5.41, 5.74) is 0. The van der Waals surface area contributed by atoms with Gasteiger partial charge in [-0.3, -0.25) is 4.99 Å². The molecule has 9 heteroatoms. The van der Waals surface area contributed by atoms with Crippen LogP contribution in [0.25, 0.3) is 0 Å². The first kappa shape index (κ1) is 22.9. The minimum absolute atomic E-state index is 0.412. The number of guanidine groups is 1. The Kier molecular flexibility index (Phi) is 10.8. The molecule has 0 unspecified atom stereocenters. The number of aliphatic imine (C=N–C) groups is 1. The highest BCUT2D eigenvalue weighted by atomic mass is 32.2. The third-order valence-corrected chi connectivity index (χ3v) is 7.45. The van der Waals surface area contributed by atoms with Crippen molar-refractivity contribution in [2.75, 3.05) is 46.4 Å². The molecule has 0 saturated carbocycles. The van der Waals surface area contributed by atoms with E-state index in [2.05, 4.69) is 15.6 Å². The maximum absolute atomic E-state index is 12.5. The summed E-state index contributed by atoms with van der Waals surface area (Å²) in [6.45, 7) is 9.62. The highest BCUT2D eigenvalue weighted by molar-refractivity contribution is 7.91. The lowest BCUT2D eigenvalue weighted by molar-refractivity contribution is 0.145. The van der Waals surface area contributed by atoms with Crippen molar-refractivity contribution >= 4 is 27.3 Å². The number of hydrogen-bond acceptors (Lipinski definition) is 5. The SMILES string of the molecule is CCOCCCNC(=NC)NCCc1ccc(S(=O)(=O)N(CC)CC)s1. The second kappa shape index (κ2) is 12.3. The minimum atomic E-state index is -3.36. The van der Waals surface area contributed by atoms with Gasteiger partial charge in [0.05, 0.1) is 0 Å². The maximum Gasteiger partial charge on any atom is 0.252 e. The molecule has 0 atom stereocenters. The van der Waals surface area contributed by atoms with Crippen molar-refractivity contribution in [1.29, 1.82) is 0 Å². The fourth-order valence-corrected chi connectivity index (χ4v) is 5.34. The van der Waals surface area contributed by atoms with E-state index in [0.29, 0.717) is 23.8 Å². The van der Waals surface area contributed by atoms with Crippen LogP contribution < -0.4 is 10.6 Å². The smallest absolute Gasteiger partial charge is 0.252 e. The molecule has 0 saturated heterocycles. The van der Waals surface area contributed by atoms with Crippen molar-refractivity contribution in [2.45, 2.75) is 37.8 Å². The molecule has 0 fully saturated rings. The molecule has 0 aliphatic rings. The van der Waals surface area contributed by atoms with E-state index in [1.54, 1.807) is 13.1 Å². The molecule has 0 amide bonds. The zero-order chi connectivity index (χ0) is 19.4. The average molecular weight is 405 g/mol. The first-order valence-electron chi connectivity index (χ1n) is 9.10. The minimum Gasteiger partial charge on any atom is -0.382 e. The van der Waals surface area contributed by atoms with Gasteiger partial charge < -0.3 is 15.4 Å². The van der Waals surface area contributed by atoms with Gasteiger partial charge in [-0.15, -0.1) is 11.3 Å². The van der Waals surface area contributed by atoms with Gasteiger partial charge in [0.2, 0.25) is 0 Å². The molecule has 0 radical (unpaired) electrons. The lowest BCUT2D eigenvalue weighted by Crippen LogP contribution is -2.38. The van der Waals surface area contributed by atoms with Gasteiger partial charge in [0.15, 0.2) is 5.96 Å². The quantitative estimate of drug-likeness (QED) is 0.316. The monoisotopic (exact) mass is 404 g/mol. The third kappa shape index (κ3) is 7.22. The highest BCUT2D eigenvalue weighted by Gasteiger charge is 2.23. The summed E-state index contributed by atoms with van der Waals surface area (Å²) in [6, 6.07) is 3.59. The summed E-state index contributed by atoms with van der Waals surface area (Å²) >= 11 is 1.34. The van der Waals surface area contributed by atoms with Crippen molar-refractivity contribution in [3.05, 3.63) is 17.0 Å². The number of ether oxygens (including phenoxy) is 1. The number of thiophene rings is 1. The molecule has 150 valence electrons. The Morgan fingerprint density at radius 2 is 1.88 bits per heavy atom. The van der Waals surface area contributed by atoms with E-state index in [9.17, 15) is 8.42 Å². The number of nitrogens with one attached hydrogen (secondary N) is 2. The molecule has 1 aromatic heterocycles. The number of rotatable bonds is 12. The summed E-state index contributed by atoms with van der Waals surface area (Å²) in [5, 5.41) is 6.48. The molecular weight excluding hydrogens is 372 g/mol. The molecule has 0 bridgehead atoms. The Labute approximate surface area is 161 Å². The summed E-state index contributed by atoms with van der Waals surface area (Å²) in [7, 11) is -1.63. The van der Waals surface area contributed by atoms with Crippen LogP contribution >= 0.6 is 11.3 Å². The number of hydrogen-bond donors (Lipinski definition) is 2. The molecule has 2 N–H and O–H groups in total. The van der Waals surface area contributed by atoms with Gasteiger partial charge >= 0.3 is 0 Å². The van der Waals surface area contributed by atoms with Gasteiger partial charge in [0.25, 0.3) is 10.0 Å². The molecule has 0 aromatic carbocycles. The first-order valence-corrected chi connectivity index (χ1v) is 11.4. The number of nitrogens with zero attached hydrogens (tertiary/aromatic N) is 2. The normalized spacial score (nSPS) is 12.6. The first-order chi connectivity index (χ1) is 12.5. The fraction of sp³-hybridized carbons (Fsp3) is 0.706. The van der Waals surface area contributed by atoms with E-state index in [4.69, 9.17) is 4.74 Å². The second-order valence-corrected chi connectivity index (χ2v) is 8.87. The van der Waals surface area contributed by atoms with E-state index in [0.717, 1.165) is 43.4 Å². The Morgan fingerprint density at radius 1 is 1.19 bits per heavy atom. The van der Waals surface area contributed by atoms with Crippen molar-refractivity contribution in [3.8, 4) is 0 Å². The molecule has 0 aliphatic heterocycles. The Balaban J connectivity index is 2.45. The molecule has 1 rings (SSSR count). The van der Waals surface area contributed by atoms with E-state index in [-0.39, 0.29) is 0 Å². The molecule has 26 heavy (non-hydrogen) atoms. The highest BCUT2D eigenvalue weighted by Crippen LogP contribution is 2.25. The largest absolute Gasteiger partial charge is 0.382 e. The molecule has 1 heterocycles. The molecule has 7 nitrogen and oxygen atoms in total. The zero-order valence-electron chi connectivity index (χ0n) is 16.2. The van der Waals surface area contributed by atoms with Crippen LogP contribution in [-0.4, -0.2) is 65.1 Å². The van der Waals surface area contributed by atoms with Gasteiger partial charge in [-0.25, -0.2) is 8.42 Å². The lowest BCUT2D eigenvalue weighted by atomic mass is 10.3. The maximum atomic E-state index is 12.5. The van der Waals surface area contributed by atoms with Crippen molar-refractivity contribution in [1.82, 2.24) is 14.9 Å². The standard InChI is InChI=1S/C17H32N4O3S2/c1-5-21(6-2)26(22,23)16-10-9-15(25-16)11-13-20-17(18-4)19-12-8-14-24-7-3/h9-10H,5-8,11-14H2,1-4H3,(H2,18,19,20). The van der Waals surface area contributed by atoms with Crippen LogP contribution in [-0.2, 0) is 21.2 Å². The summed E-state index contributed by atoms with van der Waals surface area (Å²) in [6.07, 6.45) is 1.67. The molecular formula is C17H32N4O3S2. The van der Waals surface area contributed by atoms with Crippen LogP contribution in [0.4, 0.5) is 0 Å². The predicted molar refractivity (Wildman–Crippen MR) is 109 cm³/mol. The molecule has 0 spiro atoms. The van der Waals surface area contributed by atoms with Gasteiger partial charge in [-0.05, 0) is 31.9 Å².